The van der Waals surface area contributed by atoms with Crippen molar-refractivity contribution in [3.63, 3.8) is 0 Å². The zero-order valence-electron chi connectivity index (χ0n) is 10.4. The van der Waals surface area contributed by atoms with Crippen LogP contribution in [0, 0.1) is 17.7 Å². The van der Waals surface area contributed by atoms with Gasteiger partial charge in [0.05, 0.1) is 11.8 Å². The maximum absolute atomic E-state index is 13.5. The Morgan fingerprint density at radius 3 is 3.00 bits per heavy atom. The van der Waals surface area contributed by atoms with Crippen LogP contribution in [-0.2, 0) is 12.8 Å². The van der Waals surface area contributed by atoms with E-state index >= 15 is 0 Å². The van der Waals surface area contributed by atoms with Gasteiger partial charge in [0.15, 0.2) is 0 Å². The van der Waals surface area contributed by atoms with Gasteiger partial charge >= 0.3 is 0 Å². The van der Waals surface area contributed by atoms with Crippen molar-refractivity contribution in [1.29, 1.82) is 0 Å². The van der Waals surface area contributed by atoms with Crippen LogP contribution in [0.2, 0.25) is 0 Å². The normalized spacial score (nSPS) is 10.1. The SMILES string of the molecule is Cn1cc(SCc2ccc(F)c(C#CCO)c2)cn1. The number of aliphatic hydroxyl groups excluding tert-OH is 1. The highest BCUT2D eigenvalue weighted by Crippen LogP contribution is 2.22. The Balaban J connectivity index is 2.08. The molecule has 0 unspecified atom stereocenters. The molecule has 0 aliphatic carbocycles. The van der Waals surface area contributed by atoms with E-state index in [4.69, 9.17) is 5.11 Å². The summed E-state index contributed by atoms with van der Waals surface area (Å²) in [7, 11) is 1.87. The zero-order chi connectivity index (χ0) is 13.7. The van der Waals surface area contributed by atoms with E-state index in [1.54, 1.807) is 34.8 Å². The van der Waals surface area contributed by atoms with Gasteiger partial charge in [-0.3, -0.25) is 4.68 Å². The van der Waals surface area contributed by atoms with E-state index in [2.05, 4.69) is 16.9 Å². The Hall–Kier alpha value is -1.77. The lowest BCUT2D eigenvalue weighted by atomic mass is 10.1. The van der Waals surface area contributed by atoms with Gasteiger partial charge in [-0.05, 0) is 17.7 Å². The molecule has 0 bridgehead atoms. The van der Waals surface area contributed by atoms with Gasteiger partial charge in [0.1, 0.15) is 12.4 Å². The van der Waals surface area contributed by atoms with E-state index in [0.717, 1.165) is 16.2 Å². The molecular formula is C14H13FN2OS. The Bertz CT molecular complexity index is 628. The maximum atomic E-state index is 13.5. The minimum absolute atomic E-state index is 0.270. The maximum Gasteiger partial charge on any atom is 0.138 e. The summed E-state index contributed by atoms with van der Waals surface area (Å²) < 4.78 is 15.2. The van der Waals surface area contributed by atoms with Gasteiger partial charge in [-0.25, -0.2) is 4.39 Å². The average molecular weight is 276 g/mol. The van der Waals surface area contributed by atoms with Crippen LogP contribution in [0.3, 0.4) is 0 Å². The standard InChI is InChI=1S/C14H13FN2OS/c1-17-9-13(8-16-17)19-10-11-4-5-14(15)12(7-11)3-2-6-18/h4-5,7-9,18H,6,10H2,1H3. The Morgan fingerprint density at radius 2 is 2.32 bits per heavy atom. The first-order valence-electron chi connectivity index (χ1n) is 5.68. The highest BCUT2D eigenvalue weighted by molar-refractivity contribution is 7.98. The van der Waals surface area contributed by atoms with Gasteiger partial charge < -0.3 is 5.11 Å². The second kappa shape index (κ2) is 6.41. The third-order valence-electron chi connectivity index (χ3n) is 2.42. The van der Waals surface area contributed by atoms with Gasteiger partial charge in [0.2, 0.25) is 0 Å². The van der Waals surface area contributed by atoms with Crippen molar-refractivity contribution in [2.24, 2.45) is 7.05 Å². The minimum Gasteiger partial charge on any atom is -0.384 e. The number of aromatic nitrogens is 2. The topological polar surface area (TPSA) is 38.0 Å². The van der Waals surface area contributed by atoms with Crippen molar-refractivity contribution in [1.82, 2.24) is 9.78 Å². The number of aryl methyl sites for hydroxylation is 1. The minimum atomic E-state index is -0.365. The molecular weight excluding hydrogens is 263 g/mol. The molecule has 2 rings (SSSR count). The lowest BCUT2D eigenvalue weighted by Crippen LogP contribution is -1.88. The monoisotopic (exact) mass is 276 g/mol. The summed E-state index contributed by atoms with van der Waals surface area (Å²) in [6.07, 6.45) is 3.72. The summed E-state index contributed by atoms with van der Waals surface area (Å²) in [5.41, 5.74) is 1.30. The largest absolute Gasteiger partial charge is 0.384 e. The highest BCUT2D eigenvalue weighted by atomic mass is 32.2. The van der Waals surface area contributed by atoms with E-state index in [1.807, 2.05) is 13.2 Å². The van der Waals surface area contributed by atoms with Crippen LogP contribution in [0.1, 0.15) is 11.1 Å². The van der Waals surface area contributed by atoms with Crippen molar-refractivity contribution in [2.75, 3.05) is 6.61 Å². The molecule has 0 saturated carbocycles. The summed E-state index contributed by atoms with van der Waals surface area (Å²) in [5, 5.41) is 12.7. The van der Waals surface area contributed by atoms with Crippen molar-refractivity contribution in [3.8, 4) is 11.8 Å². The summed E-state index contributed by atoms with van der Waals surface area (Å²) in [6.45, 7) is -0.270. The molecule has 0 saturated heterocycles. The second-order valence-corrected chi connectivity index (χ2v) is 4.96. The van der Waals surface area contributed by atoms with Crippen LogP contribution in [0.5, 0.6) is 0 Å². The van der Waals surface area contributed by atoms with E-state index in [0.29, 0.717) is 5.56 Å². The summed E-state index contributed by atoms with van der Waals surface area (Å²) in [5.74, 6) is 5.42. The molecule has 5 heteroatoms. The molecule has 3 nitrogen and oxygen atoms in total. The third kappa shape index (κ3) is 3.85. The predicted octanol–water partition coefficient (Wildman–Crippen LogP) is 2.20. The molecule has 2 aromatic rings. The predicted molar refractivity (Wildman–Crippen MR) is 73.1 cm³/mol. The van der Waals surface area contributed by atoms with Crippen molar-refractivity contribution in [2.45, 2.75) is 10.6 Å². The van der Waals surface area contributed by atoms with E-state index < -0.39 is 0 Å². The summed E-state index contributed by atoms with van der Waals surface area (Å²) in [6, 6.07) is 4.85. The smallest absolute Gasteiger partial charge is 0.138 e. The lowest BCUT2D eigenvalue weighted by Gasteiger charge is -2.02. The molecule has 0 atom stereocenters. The first-order chi connectivity index (χ1) is 9.19. The molecule has 0 radical (unpaired) electrons. The molecule has 0 aliphatic rings. The molecule has 1 heterocycles. The molecule has 1 aromatic heterocycles. The Kier molecular flexibility index (Phi) is 4.61. The fourth-order valence-electron chi connectivity index (χ4n) is 1.53. The first-order valence-corrected chi connectivity index (χ1v) is 6.67. The average Bonchev–Trinajstić information content (AvgIpc) is 2.82. The van der Waals surface area contributed by atoms with Gasteiger partial charge in [-0.2, -0.15) is 5.10 Å². The van der Waals surface area contributed by atoms with Crippen molar-refractivity contribution in [3.05, 3.63) is 47.5 Å². The fraction of sp³-hybridized carbons (Fsp3) is 0.214. The van der Waals surface area contributed by atoms with Gasteiger partial charge in [-0.1, -0.05) is 17.9 Å². The van der Waals surface area contributed by atoms with Crippen LogP contribution in [0.25, 0.3) is 0 Å². The van der Waals surface area contributed by atoms with E-state index in [9.17, 15) is 4.39 Å². The number of hydrogen-bond acceptors (Lipinski definition) is 3. The number of nitrogens with zero attached hydrogens (tertiary/aromatic N) is 2. The van der Waals surface area contributed by atoms with Crippen LogP contribution in [0.15, 0.2) is 35.5 Å². The summed E-state index contributed by atoms with van der Waals surface area (Å²) in [4.78, 5) is 1.06. The third-order valence-corrected chi connectivity index (χ3v) is 3.44. The molecule has 1 N–H and O–H groups in total. The van der Waals surface area contributed by atoms with Crippen molar-refractivity contribution >= 4 is 11.8 Å². The Labute approximate surface area is 115 Å². The van der Waals surface area contributed by atoms with Crippen LogP contribution < -0.4 is 0 Å². The lowest BCUT2D eigenvalue weighted by molar-refractivity contribution is 0.350. The number of halogens is 1. The highest BCUT2D eigenvalue weighted by Gasteiger charge is 2.03. The number of benzene rings is 1. The summed E-state index contributed by atoms with van der Waals surface area (Å²) >= 11 is 1.63. The van der Waals surface area contributed by atoms with Gasteiger partial charge in [0.25, 0.3) is 0 Å². The quantitative estimate of drug-likeness (QED) is 0.690. The van der Waals surface area contributed by atoms with Crippen LogP contribution >= 0.6 is 11.8 Å². The van der Waals surface area contributed by atoms with Crippen LogP contribution in [0.4, 0.5) is 4.39 Å². The number of hydrogen-bond donors (Lipinski definition) is 1. The van der Waals surface area contributed by atoms with Gasteiger partial charge in [-0.15, -0.1) is 11.8 Å². The number of thioether (sulfide) groups is 1. The number of aliphatic hydroxyl groups is 1. The van der Waals surface area contributed by atoms with Crippen LogP contribution in [-0.4, -0.2) is 21.5 Å². The molecule has 98 valence electrons. The molecule has 1 aromatic carbocycles. The van der Waals surface area contributed by atoms with E-state index in [-0.39, 0.29) is 12.4 Å². The van der Waals surface area contributed by atoms with Crippen molar-refractivity contribution < 1.29 is 9.50 Å². The molecule has 19 heavy (non-hydrogen) atoms. The van der Waals surface area contributed by atoms with E-state index in [1.165, 1.54) is 6.07 Å². The molecule has 0 spiro atoms. The first kappa shape index (κ1) is 13.7. The fourth-order valence-corrected chi connectivity index (χ4v) is 2.39. The second-order valence-electron chi connectivity index (χ2n) is 3.91. The molecule has 0 amide bonds. The van der Waals surface area contributed by atoms with Gasteiger partial charge in [0, 0.05) is 23.9 Å². The zero-order valence-corrected chi connectivity index (χ0v) is 11.2. The Morgan fingerprint density at radius 1 is 1.47 bits per heavy atom. The molecule has 0 fully saturated rings. The molecule has 0 aliphatic heterocycles. The number of rotatable bonds is 3.